The average molecular weight is 357 g/mol. The van der Waals surface area contributed by atoms with E-state index in [2.05, 4.69) is 56.6 Å². The fraction of sp³-hybridized carbons (Fsp3) is 0.263. The lowest BCUT2D eigenvalue weighted by atomic mass is 9.84. The van der Waals surface area contributed by atoms with E-state index in [9.17, 15) is 4.79 Å². The zero-order chi connectivity index (χ0) is 17.5. The average Bonchev–Trinajstić information content (AvgIpc) is 2.92. The molecule has 24 heavy (non-hydrogen) atoms. The third kappa shape index (κ3) is 2.62. The van der Waals surface area contributed by atoms with Crippen LogP contribution in [0.4, 0.5) is 5.69 Å². The van der Waals surface area contributed by atoms with Crippen LogP contribution < -0.4 is 4.90 Å². The monoisotopic (exact) mass is 356 g/mol. The number of carbonyl (C=O) groups excluding carboxylic acids is 1. The molecule has 124 valence electrons. The highest BCUT2D eigenvalue weighted by Crippen LogP contribution is 2.46. The number of thiocarbonyl (C=S) groups is 1. The van der Waals surface area contributed by atoms with Gasteiger partial charge in [0.25, 0.3) is 5.91 Å². The second-order valence-electron chi connectivity index (χ2n) is 6.36. The molecular weight excluding hydrogens is 336 g/mol. The van der Waals surface area contributed by atoms with Crippen molar-refractivity contribution in [3.8, 4) is 0 Å². The molecule has 0 unspecified atom stereocenters. The first kappa shape index (κ1) is 17.0. The van der Waals surface area contributed by atoms with Crippen molar-refractivity contribution in [2.75, 3.05) is 18.5 Å². The summed E-state index contributed by atoms with van der Waals surface area (Å²) < 4.78 is 0.590. The molecule has 2 aliphatic rings. The first-order chi connectivity index (χ1) is 11.4. The van der Waals surface area contributed by atoms with Crippen LogP contribution in [0.2, 0.25) is 0 Å². The molecule has 2 aliphatic heterocycles. The summed E-state index contributed by atoms with van der Waals surface area (Å²) in [6.07, 6.45) is 5.62. The summed E-state index contributed by atoms with van der Waals surface area (Å²) in [6.45, 7) is 8.54. The maximum atomic E-state index is 12.4. The predicted molar refractivity (Wildman–Crippen MR) is 106 cm³/mol. The van der Waals surface area contributed by atoms with Gasteiger partial charge in [0, 0.05) is 30.4 Å². The van der Waals surface area contributed by atoms with Gasteiger partial charge in [-0.05, 0) is 23.8 Å². The van der Waals surface area contributed by atoms with E-state index in [1.165, 1.54) is 23.0 Å². The summed E-state index contributed by atoms with van der Waals surface area (Å²) in [5.41, 5.74) is 3.57. The van der Waals surface area contributed by atoms with Crippen molar-refractivity contribution in [3.63, 3.8) is 0 Å². The van der Waals surface area contributed by atoms with Gasteiger partial charge in [0.15, 0.2) is 0 Å². The number of allylic oxidation sites excluding steroid dienone is 3. The first-order valence-electron chi connectivity index (χ1n) is 7.78. The molecule has 0 bridgehead atoms. The highest BCUT2D eigenvalue weighted by molar-refractivity contribution is 8.26. The molecule has 0 spiro atoms. The fourth-order valence-electron chi connectivity index (χ4n) is 3.26. The number of anilines is 1. The van der Waals surface area contributed by atoms with Gasteiger partial charge in [0.05, 0.1) is 4.91 Å². The molecule has 2 heterocycles. The lowest BCUT2D eigenvalue weighted by molar-refractivity contribution is -0.121. The van der Waals surface area contributed by atoms with E-state index in [1.54, 1.807) is 11.0 Å². The number of thioether (sulfide) groups is 1. The van der Waals surface area contributed by atoms with Gasteiger partial charge in [-0.3, -0.25) is 9.69 Å². The molecule has 1 aromatic rings. The van der Waals surface area contributed by atoms with Crippen molar-refractivity contribution in [2.45, 2.75) is 19.3 Å². The lowest BCUT2D eigenvalue weighted by Crippen LogP contribution is -2.27. The summed E-state index contributed by atoms with van der Waals surface area (Å²) in [5.74, 6) is -0.0438. The highest BCUT2D eigenvalue weighted by atomic mass is 32.2. The topological polar surface area (TPSA) is 23.6 Å². The maximum Gasteiger partial charge on any atom is 0.266 e. The van der Waals surface area contributed by atoms with Crippen molar-refractivity contribution in [2.24, 2.45) is 0 Å². The molecule has 0 atom stereocenters. The normalized spacial score (nSPS) is 22.6. The van der Waals surface area contributed by atoms with Gasteiger partial charge in [-0.1, -0.05) is 62.1 Å². The third-order valence-electron chi connectivity index (χ3n) is 4.52. The number of rotatable bonds is 3. The maximum absolute atomic E-state index is 12.4. The van der Waals surface area contributed by atoms with Gasteiger partial charge >= 0.3 is 0 Å². The van der Waals surface area contributed by atoms with Crippen molar-refractivity contribution in [3.05, 3.63) is 65.2 Å². The van der Waals surface area contributed by atoms with Crippen LogP contribution in [0.5, 0.6) is 0 Å². The van der Waals surface area contributed by atoms with Crippen LogP contribution in [0.15, 0.2) is 59.7 Å². The number of benzene rings is 1. The van der Waals surface area contributed by atoms with Gasteiger partial charge in [0.2, 0.25) is 0 Å². The molecule has 1 aromatic carbocycles. The van der Waals surface area contributed by atoms with Crippen molar-refractivity contribution < 1.29 is 4.79 Å². The summed E-state index contributed by atoms with van der Waals surface area (Å²) in [7, 11) is 2.07. The SMILES string of the molecule is C=CCN1C(=O)/C(=C\C=C2\N(C)c3ccccc3C2(C)C)SC1=S. The molecule has 0 aromatic heterocycles. The lowest BCUT2D eigenvalue weighted by Gasteiger charge is -2.23. The molecule has 1 amide bonds. The van der Waals surface area contributed by atoms with E-state index in [1.807, 2.05) is 12.2 Å². The van der Waals surface area contributed by atoms with Gasteiger partial charge in [-0.25, -0.2) is 0 Å². The molecule has 0 aliphatic carbocycles. The zero-order valence-electron chi connectivity index (χ0n) is 14.1. The summed E-state index contributed by atoms with van der Waals surface area (Å²) in [4.78, 5) is 16.9. The largest absolute Gasteiger partial charge is 0.347 e. The molecule has 3 nitrogen and oxygen atoms in total. The molecule has 0 N–H and O–H groups in total. The number of hydrogen-bond acceptors (Lipinski definition) is 4. The Balaban J connectivity index is 1.95. The highest BCUT2D eigenvalue weighted by Gasteiger charge is 2.38. The second kappa shape index (κ2) is 6.22. The Morgan fingerprint density at radius 1 is 1.29 bits per heavy atom. The molecular formula is C19H20N2OS2. The second-order valence-corrected chi connectivity index (χ2v) is 8.03. The number of likely N-dealkylation sites (N-methyl/N-ethyl adjacent to an activating group) is 1. The number of hydrogen-bond donors (Lipinski definition) is 0. The predicted octanol–water partition coefficient (Wildman–Crippen LogP) is 4.23. The Labute approximate surface area is 152 Å². The summed E-state index contributed by atoms with van der Waals surface area (Å²) >= 11 is 6.63. The molecule has 5 heteroatoms. The minimum atomic E-state index is -0.101. The van der Waals surface area contributed by atoms with Crippen LogP contribution in [0.1, 0.15) is 19.4 Å². The smallest absolute Gasteiger partial charge is 0.266 e. The Bertz CT molecular complexity index is 792. The Hall–Kier alpha value is -1.85. The minimum Gasteiger partial charge on any atom is -0.347 e. The quantitative estimate of drug-likeness (QED) is 0.459. The van der Waals surface area contributed by atoms with E-state index in [-0.39, 0.29) is 11.3 Å². The summed E-state index contributed by atoms with van der Waals surface area (Å²) in [6, 6.07) is 8.41. The standard InChI is InChI=1S/C19H20N2OS2/c1-5-12-21-17(22)15(24-18(21)23)10-11-16-19(2,3)13-8-6-7-9-14(13)20(16)4/h5-11H,1,12H2,2-4H3/b15-10+,16-11+. The number of nitrogens with zero attached hydrogens (tertiary/aromatic N) is 2. The molecule has 3 rings (SSSR count). The van der Waals surface area contributed by atoms with E-state index in [0.717, 1.165) is 5.70 Å². The van der Waals surface area contributed by atoms with Crippen molar-refractivity contribution >= 4 is 39.9 Å². The first-order valence-corrected chi connectivity index (χ1v) is 9.00. The number of fused-ring (bicyclic) bond motifs is 1. The van der Waals surface area contributed by atoms with Crippen molar-refractivity contribution in [1.82, 2.24) is 4.90 Å². The third-order valence-corrected chi connectivity index (χ3v) is 5.91. The van der Waals surface area contributed by atoms with Crippen LogP contribution in [0, 0.1) is 0 Å². The minimum absolute atomic E-state index is 0.0438. The molecule has 1 saturated heterocycles. The number of para-hydroxylation sites is 1. The molecule has 0 saturated carbocycles. The Morgan fingerprint density at radius 2 is 2.00 bits per heavy atom. The molecule has 1 fully saturated rings. The van der Waals surface area contributed by atoms with Crippen LogP contribution >= 0.6 is 24.0 Å². The number of carbonyl (C=O) groups is 1. The van der Waals surface area contributed by atoms with Gasteiger partial charge < -0.3 is 4.90 Å². The Morgan fingerprint density at radius 3 is 2.67 bits per heavy atom. The van der Waals surface area contributed by atoms with Crippen molar-refractivity contribution in [1.29, 1.82) is 0 Å². The van der Waals surface area contributed by atoms with Gasteiger partial charge in [-0.2, -0.15) is 0 Å². The van der Waals surface area contributed by atoms with Crippen LogP contribution in [0.3, 0.4) is 0 Å². The zero-order valence-corrected chi connectivity index (χ0v) is 15.7. The van der Waals surface area contributed by atoms with E-state index >= 15 is 0 Å². The van der Waals surface area contributed by atoms with Gasteiger partial charge in [0.1, 0.15) is 4.32 Å². The molecule has 0 radical (unpaired) electrons. The van der Waals surface area contributed by atoms with Gasteiger partial charge in [-0.15, -0.1) is 6.58 Å². The van der Waals surface area contributed by atoms with Crippen LogP contribution in [-0.2, 0) is 10.2 Å². The van der Waals surface area contributed by atoms with Crippen LogP contribution in [0.25, 0.3) is 0 Å². The van der Waals surface area contributed by atoms with E-state index < -0.39 is 0 Å². The number of amides is 1. The van der Waals surface area contributed by atoms with Crippen LogP contribution in [-0.4, -0.2) is 28.7 Å². The Kier molecular flexibility index (Phi) is 4.40. The van der Waals surface area contributed by atoms with E-state index in [4.69, 9.17) is 12.2 Å². The summed E-state index contributed by atoms with van der Waals surface area (Å²) in [5, 5.41) is 0. The fourth-order valence-corrected chi connectivity index (χ4v) is 4.47. The van der Waals surface area contributed by atoms with E-state index in [0.29, 0.717) is 15.8 Å².